The van der Waals surface area contributed by atoms with Gasteiger partial charge in [0.25, 0.3) is 0 Å². The van der Waals surface area contributed by atoms with Gasteiger partial charge < -0.3 is 4.90 Å². The Bertz CT molecular complexity index is 2770. The summed E-state index contributed by atoms with van der Waals surface area (Å²) >= 11 is 3.82. The van der Waals surface area contributed by atoms with Crippen LogP contribution >= 0.6 is 22.7 Å². The van der Waals surface area contributed by atoms with Crippen LogP contribution in [0.3, 0.4) is 0 Å². The van der Waals surface area contributed by atoms with Gasteiger partial charge in [0.2, 0.25) is 0 Å². The monoisotopic (exact) mass is 659 g/mol. The minimum atomic E-state index is 1.15. The third-order valence-electron chi connectivity index (χ3n) is 9.65. The van der Waals surface area contributed by atoms with Gasteiger partial charge in [-0.1, -0.05) is 133 Å². The number of rotatable bonds is 5. The van der Waals surface area contributed by atoms with E-state index in [1.165, 1.54) is 79.1 Å². The first kappa shape index (κ1) is 28.3. The van der Waals surface area contributed by atoms with E-state index in [4.69, 9.17) is 0 Å². The van der Waals surface area contributed by atoms with Gasteiger partial charge in [0.15, 0.2) is 0 Å². The molecule has 3 heteroatoms. The van der Waals surface area contributed by atoms with E-state index in [-0.39, 0.29) is 0 Å². The fraction of sp³-hybridized carbons (Fsp3) is 0. The second-order valence-corrected chi connectivity index (χ2v) is 14.5. The first-order valence-corrected chi connectivity index (χ1v) is 18.2. The molecule has 0 fully saturated rings. The zero-order valence-corrected chi connectivity index (χ0v) is 28.1. The lowest BCUT2D eigenvalue weighted by atomic mass is 9.91. The topological polar surface area (TPSA) is 3.24 Å². The fourth-order valence-corrected chi connectivity index (χ4v) is 10.1. The summed E-state index contributed by atoms with van der Waals surface area (Å²) in [6, 6.07) is 64.1. The number of para-hydroxylation sites is 2. The number of benzene rings is 8. The van der Waals surface area contributed by atoms with Crippen LogP contribution in [0.5, 0.6) is 0 Å². The lowest BCUT2D eigenvalue weighted by Crippen LogP contribution is -2.09. The number of anilines is 3. The third-order valence-corrected chi connectivity index (χ3v) is 12.1. The van der Waals surface area contributed by atoms with Gasteiger partial charge in [-0.2, -0.15) is 0 Å². The first-order chi connectivity index (χ1) is 24.3. The molecule has 0 saturated heterocycles. The van der Waals surface area contributed by atoms with Crippen molar-refractivity contribution in [2.24, 2.45) is 0 Å². The Balaban J connectivity index is 1.27. The summed E-state index contributed by atoms with van der Waals surface area (Å²) < 4.78 is 5.28. The molecule has 0 radical (unpaired) electrons. The van der Waals surface area contributed by atoms with E-state index in [2.05, 4.69) is 181 Å². The van der Waals surface area contributed by atoms with Crippen LogP contribution in [0.4, 0.5) is 17.1 Å². The summed E-state index contributed by atoms with van der Waals surface area (Å²) in [4.78, 5) is 2.39. The number of fused-ring (bicyclic) bond motifs is 8. The highest BCUT2D eigenvalue weighted by atomic mass is 32.1. The largest absolute Gasteiger partial charge is 0.309 e. The molecular formula is C46H29NS2. The highest BCUT2D eigenvalue weighted by Gasteiger charge is 2.22. The zero-order chi connectivity index (χ0) is 32.3. The van der Waals surface area contributed by atoms with Gasteiger partial charge >= 0.3 is 0 Å². The second-order valence-electron chi connectivity index (χ2n) is 12.4. The smallest absolute Gasteiger partial charge is 0.0640 e. The van der Waals surface area contributed by atoms with Crippen LogP contribution in [-0.2, 0) is 0 Å². The fourth-order valence-electron chi connectivity index (χ4n) is 7.48. The van der Waals surface area contributed by atoms with Crippen LogP contribution in [-0.4, -0.2) is 0 Å². The summed E-state index contributed by atoms with van der Waals surface area (Å²) in [5.74, 6) is 0. The maximum atomic E-state index is 2.47. The standard InChI is InChI=1S/C46H29NS2/c1-4-15-30(16-5-1)33-27-28-37(46-43(33)38-23-12-13-26-42(38)48-46)39-29-40-36-24-14-25-41(45(36)49-44(40)35-22-11-10-21-34(35)39)47(31-17-6-2-7-18-31)32-19-8-3-9-20-32/h1-29H. The van der Waals surface area contributed by atoms with E-state index < -0.39 is 0 Å². The van der Waals surface area contributed by atoms with E-state index in [1.54, 1.807) is 0 Å². The van der Waals surface area contributed by atoms with Crippen molar-refractivity contribution < 1.29 is 0 Å². The molecule has 49 heavy (non-hydrogen) atoms. The van der Waals surface area contributed by atoms with E-state index in [9.17, 15) is 0 Å². The SMILES string of the molecule is c1ccc(-c2ccc(-c3cc4c5cccc(N(c6ccccc6)c6ccccc6)c5sc4c4ccccc34)c3sc4ccccc4c23)cc1. The molecule has 0 atom stereocenters. The molecule has 10 aromatic rings. The molecule has 0 aliphatic carbocycles. The van der Waals surface area contributed by atoms with E-state index in [0.29, 0.717) is 0 Å². The minimum Gasteiger partial charge on any atom is -0.309 e. The summed E-state index contributed by atoms with van der Waals surface area (Å²) in [5, 5.41) is 7.84. The molecule has 10 rings (SSSR count). The van der Waals surface area contributed by atoms with E-state index in [1.807, 2.05) is 22.7 Å². The molecule has 0 aliphatic rings. The summed E-state index contributed by atoms with van der Waals surface area (Å²) in [7, 11) is 0. The molecule has 0 amide bonds. The second kappa shape index (κ2) is 11.5. The number of nitrogens with zero attached hydrogens (tertiary/aromatic N) is 1. The predicted octanol–water partition coefficient (Wildman–Crippen LogP) is 14.4. The molecule has 0 aliphatic heterocycles. The molecule has 1 nitrogen and oxygen atoms in total. The van der Waals surface area contributed by atoms with Crippen molar-refractivity contribution in [3.8, 4) is 22.3 Å². The van der Waals surface area contributed by atoms with Gasteiger partial charge in [-0.3, -0.25) is 0 Å². The van der Waals surface area contributed by atoms with Crippen molar-refractivity contribution in [1.29, 1.82) is 0 Å². The van der Waals surface area contributed by atoms with Gasteiger partial charge in [0.1, 0.15) is 0 Å². The molecular weight excluding hydrogens is 631 g/mol. The van der Waals surface area contributed by atoms with Gasteiger partial charge in [0, 0.05) is 58.0 Å². The highest BCUT2D eigenvalue weighted by Crippen LogP contribution is 2.50. The van der Waals surface area contributed by atoms with Crippen LogP contribution in [0.15, 0.2) is 176 Å². The summed E-state index contributed by atoms with van der Waals surface area (Å²) in [6.07, 6.45) is 0. The Hall–Kier alpha value is -5.74. The average Bonchev–Trinajstić information content (AvgIpc) is 3.75. The van der Waals surface area contributed by atoms with Crippen LogP contribution in [0.25, 0.3) is 73.4 Å². The molecule has 2 heterocycles. The number of hydrogen-bond donors (Lipinski definition) is 0. The van der Waals surface area contributed by atoms with Crippen molar-refractivity contribution in [1.82, 2.24) is 0 Å². The predicted molar refractivity (Wildman–Crippen MR) is 215 cm³/mol. The first-order valence-electron chi connectivity index (χ1n) is 16.6. The summed E-state index contributed by atoms with van der Waals surface area (Å²) in [6.45, 7) is 0. The van der Waals surface area contributed by atoms with Gasteiger partial charge in [0.05, 0.1) is 10.4 Å². The zero-order valence-electron chi connectivity index (χ0n) is 26.5. The lowest BCUT2D eigenvalue weighted by Gasteiger charge is -2.25. The van der Waals surface area contributed by atoms with Crippen molar-refractivity contribution in [3.63, 3.8) is 0 Å². The third kappa shape index (κ3) is 4.51. The minimum absolute atomic E-state index is 1.15. The molecule has 0 spiro atoms. The maximum Gasteiger partial charge on any atom is 0.0640 e. The Morgan fingerprint density at radius 1 is 0.347 bits per heavy atom. The highest BCUT2D eigenvalue weighted by molar-refractivity contribution is 7.27. The molecule has 230 valence electrons. The Morgan fingerprint density at radius 2 is 0.918 bits per heavy atom. The van der Waals surface area contributed by atoms with Crippen molar-refractivity contribution in [2.75, 3.05) is 4.90 Å². The Morgan fingerprint density at radius 3 is 1.65 bits per heavy atom. The van der Waals surface area contributed by atoms with Crippen molar-refractivity contribution in [2.45, 2.75) is 0 Å². The van der Waals surface area contributed by atoms with Gasteiger partial charge in [-0.05, 0) is 64.5 Å². The summed E-state index contributed by atoms with van der Waals surface area (Å²) in [5.41, 5.74) is 8.60. The Labute approximate surface area is 292 Å². The molecule has 0 N–H and O–H groups in total. The van der Waals surface area contributed by atoms with E-state index >= 15 is 0 Å². The normalized spacial score (nSPS) is 11.7. The van der Waals surface area contributed by atoms with Crippen molar-refractivity contribution in [3.05, 3.63) is 176 Å². The molecule has 0 saturated carbocycles. The van der Waals surface area contributed by atoms with E-state index in [0.717, 1.165) is 11.4 Å². The van der Waals surface area contributed by atoms with Crippen molar-refractivity contribution >= 4 is 90.9 Å². The lowest BCUT2D eigenvalue weighted by molar-refractivity contribution is 1.30. The number of thiophene rings is 2. The van der Waals surface area contributed by atoms with Gasteiger partial charge in [-0.25, -0.2) is 0 Å². The maximum absolute atomic E-state index is 2.47. The van der Waals surface area contributed by atoms with Crippen LogP contribution in [0.2, 0.25) is 0 Å². The molecule has 0 unspecified atom stereocenters. The van der Waals surface area contributed by atoms with Crippen LogP contribution < -0.4 is 4.90 Å². The van der Waals surface area contributed by atoms with Gasteiger partial charge in [-0.15, -0.1) is 22.7 Å². The van der Waals surface area contributed by atoms with Crippen LogP contribution in [0.1, 0.15) is 0 Å². The molecule has 8 aromatic carbocycles. The number of hydrogen-bond acceptors (Lipinski definition) is 3. The molecule has 0 bridgehead atoms. The quantitative estimate of drug-likeness (QED) is 0.178. The Kier molecular flexibility index (Phi) is 6.61. The average molecular weight is 660 g/mol. The molecule has 2 aromatic heterocycles. The van der Waals surface area contributed by atoms with Crippen LogP contribution in [0, 0.1) is 0 Å².